The quantitative estimate of drug-likeness (QED) is 0.788. The molecule has 0 saturated carbocycles. The number of amides is 1. The lowest BCUT2D eigenvalue weighted by atomic mass is 10.1. The van der Waals surface area contributed by atoms with Crippen molar-refractivity contribution < 1.29 is 4.79 Å². The number of nitrogens with one attached hydrogen (secondary N) is 2. The van der Waals surface area contributed by atoms with Crippen LogP contribution in [0.5, 0.6) is 0 Å². The average Bonchev–Trinajstić information content (AvgIpc) is 2.58. The second kappa shape index (κ2) is 5.27. The highest BCUT2D eigenvalue weighted by molar-refractivity contribution is 5.81. The number of nitrogens with zero attached hydrogens (tertiary/aromatic N) is 3. The molecule has 17 heavy (non-hydrogen) atoms. The second-order valence-electron chi connectivity index (χ2n) is 5.18. The molecule has 1 heterocycles. The molecule has 0 radical (unpaired) electrons. The summed E-state index contributed by atoms with van der Waals surface area (Å²) in [6.45, 7) is 8.18. The molecule has 0 aromatic carbocycles. The van der Waals surface area contributed by atoms with Crippen LogP contribution in [0.3, 0.4) is 0 Å². The van der Waals surface area contributed by atoms with E-state index in [1.165, 1.54) is 0 Å². The molecular weight excluding hydrogens is 218 g/mol. The number of carbonyl (C=O) groups excluding carboxylic acids is 1. The van der Waals surface area contributed by atoms with Gasteiger partial charge in [0, 0.05) is 12.6 Å². The summed E-state index contributed by atoms with van der Waals surface area (Å²) in [4.78, 5) is 15.8. The van der Waals surface area contributed by atoms with Crippen molar-refractivity contribution in [1.82, 2.24) is 25.4 Å². The van der Waals surface area contributed by atoms with Crippen molar-refractivity contribution >= 4 is 5.91 Å². The molecule has 6 nitrogen and oxygen atoms in total. The lowest BCUT2D eigenvalue weighted by Gasteiger charge is -2.23. The maximum Gasteiger partial charge on any atom is 0.237 e. The summed E-state index contributed by atoms with van der Waals surface area (Å²) in [7, 11) is 1.81. The molecule has 1 aromatic rings. The molecule has 1 amide bonds. The largest absolute Gasteiger partial charge is 0.350 e. The molecule has 6 heteroatoms. The summed E-state index contributed by atoms with van der Waals surface area (Å²) in [5, 5.41) is 10.1. The Kier molecular flexibility index (Phi) is 4.22. The number of aromatic nitrogens is 3. The molecule has 1 rings (SSSR count). The Balaban J connectivity index is 2.39. The molecule has 96 valence electrons. The van der Waals surface area contributed by atoms with Gasteiger partial charge in [-0.1, -0.05) is 0 Å². The van der Waals surface area contributed by atoms with Gasteiger partial charge in [0.25, 0.3) is 0 Å². The van der Waals surface area contributed by atoms with Crippen molar-refractivity contribution in [2.75, 3.05) is 0 Å². The zero-order valence-electron chi connectivity index (χ0n) is 11.1. The van der Waals surface area contributed by atoms with Gasteiger partial charge in [0.1, 0.15) is 6.33 Å². The van der Waals surface area contributed by atoms with Crippen molar-refractivity contribution in [2.24, 2.45) is 7.05 Å². The van der Waals surface area contributed by atoms with Gasteiger partial charge in [-0.25, -0.2) is 4.98 Å². The van der Waals surface area contributed by atoms with E-state index in [1.807, 2.05) is 34.7 Å². The third-order valence-electron chi connectivity index (χ3n) is 2.10. The van der Waals surface area contributed by atoms with Gasteiger partial charge in [-0.05, 0) is 27.7 Å². The fraction of sp³-hybridized carbons (Fsp3) is 0.727. The number of hydrogen-bond acceptors (Lipinski definition) is 4. The van der Waals surface area contributed by atoms with Crippen LogP contribution in [0.15, 0.2) is 6.33 Å². The SMILES string of the molecule is CC(NCc1ncn(C)n1)C(=O)NC(C)(C)C. The average molecular weight is 239 g/mol. The fourth-order valence-electron chi connectivity index (χ4n) is 1.28. The molecule has 0 spiro atoms. The van der Waals surface area contributed by atoms with Gasteiger partial charge in [0.2, 0.25) is 5.91 Å². The summed E-state index contributed by atoms with van der Waals surface area (Å²) >= 11 is 0. The Morgan fingerprint density at radius 2 is 2.18 bits per heavy atom. The Morgan fingerprint density at radius 1 is 1.53 bits per heavy atom. The lowest BCUT2D eigenvalue weighted by Crippen LogP contribution is -2.49. The van der Waals surface area contributed by atoms with Crippen molar-refractivity contribution in [3.05, 3.63) is 12.2 Å². The van der Waals surface area contributed by atoms with Gasteiger partial charge in [-0.2, -0.15) is 5.10 Å². The van der Waals surface area contributed by atoms with Crippen LogP contribution in [0, 0.1) is 0 Å². The van der Waals surface area contributed by atoms with Crippen LogP contribution in [0.4, 0.5) is 0 Å². The normalized spacial score (nSPS) is 13.5. The fourth-order valence-corrected chi connectivity index (χ4v) is 1.28. The summed E-state index contributed by atoms with van der Waals surface area (Å²) in [5.41, 5.74) is -0.212. The zero-order valence-corrected chi connectivity index (χ0v) is 11.1. The third kappa shape index (κ3) is 4.95. The highest BCUT2D eigenvalue weighted by Gasteiger charge is 2.18. The van der Waals surface area contributed by atoms with Crippen LogP contribution in [0.1, 0.15) is 33.5 Å². The van der Waals surface area contributed by atoms with Crippen LogP contribution in [-0.4, -0.2) is 32.3 Å². The van der Waals surface area contributed by atoms with Crippen LogP contribution >= 0.6 is 0 Å². The van der Waals surface area contributed by atoms with E-state index < -0.39 is 0 Å². The van der Waals surface area contributed by atoms with Gasteiger partial charge >= 0.3 is 0 Å². The first-order valence-corrected chi connectivity index (χ1v) is 5.68. The molecule has 0 aliphatic carbocycles. The second-order valence-corrected chi connectivity index (χ2v) is 5.18. The molecule has 0 bridgehead atoms. The van der Waals surface area contributed by atoms with Gasteiger partial charge in [-0.3, -0.25) is 14.8 Å². The van der Waals surface area contributed by atoms with Crippen LogP contribution in [0.2, 0.25) is 0 Å². The number of carbonyl (C=O) groups is 1. The first-order chi connectivity index (χ1) is 7.78. The maximum absolute atomic E-state index is 11.8. The molecule has 1 aromatic heterocycles. The predicted molar refractivity (Wildman–Crippen MR) is 65.2 cm³/mol. The van der Waals surface area contributed by atoms with E-state index >= 15 is 0 Å². The Hall–Kier alpha value is -1.43. The molecule has 2 N–H and O–H groups in total. The number of aryl methyl sites for hydroxylation is 1. The molecule has 0 aliphatic heterocycles. The number of hydrogen-bond donors (Lipinski definition) is 2. The van der Waals surface area contributed by atoms with Crippen molar-refractivity contribution in [3.63, 3.8) is 0 Å². The monoisotopic (exact) mass is 239 g/mol. The van der Waals surface area contributed by atoms with Gasteiger partial charge in [0.15, 0.2) is 5.82 Å². The first kappa shape index (κ1) is 13.6. The molecule has 0 fully saturated rings. The molecule has 1 atom stereocenters. The first-order valence-electron chi connectivity index (χ1n) is 5.68. The minimum absolute atomic E-state index is 0.0200. The third-order valence-corrected chi connectivity index (χ3v) is 2.10. The minimum Gasteiger partial charge on any atom is -0.350 e. The van der Waals surface area contributed by atoms with Crippen molar-refractivity contribution in [1.29, 1.82) is 0 Å². The van der Waals surface area contributed by atoms with Crippen LogP contribution < -0.4 is 10.6 Å². The predicted octanol–water partition coefficient (Wildman–Crippen LogP) is 0.208. The van der Waals surface area contributed by atoms with E-state index in [0.717, 1.165) is 0 Å². The van der Waals surface area contributed by atoms with Gasteiger partial charge in [-0.15, -0.1) is 0 Å². The van der Waals surface area contributed by atoms with Crippen molar-refractivity contribution in [2.45, 2.75) is 45.8 Å². The van der Waals surface area contributed by atoms with Crippen molar-refractivity contribution in [3.8, 4) is 0 Å². The van der Waals surface area contributed by atoms with Gasteiger partial charge in [0.05, 0.1) is 12.6 Å². The van der Waals surface area contributed by atoms with Gasteiger partial charge < -0.3 is 5.32 Å². The highest BCUT2D eigenvalue weighted by Crippen LogP contribution is 1.99. The van der Waals surface area contributed by atoms with E-state index in [-0.39, 0.29) is 17.5 Å². The summed E-state index contributed by atoms with van der Waals surface area (Å²) in [6.07, 6.45) is 1.64. The summed E-state index contributed by atoms with van der Waals surface area (Å²) in [6, 6.07) is -0.266. The molecule has 1 unspecified atom stereocenters. The van der Waals surface area contributed by atoms with E-state index in [0.29, 0.717) is 12.4 Å². The molecular formula is C11H21N5O. The summed E-state index contributed by atoms with van der Waals surface area (Å²) < 4.78 is 1.64. The van der Waals surface area contributed by atoms with E-state index in [2.05, 4.69) is 20.7 Å². The number of rotatable bonds is 4. The highest BCUT2D eigenvalue weighted by atomic mass is 16.2. The Morgan fingerprint density at radius 3 is 2.65 bits per heavy atom. The van der Waals surface area contributed by atoms with Crippen LogP contribution in [-0.2, 0) is 18.4 Å². The smallest absolute Gasteiger partial charge is 0.237 e. The molecule has 0 aliphatic rings. The Labute approximate surface area is 102 Å². The minimum atomic E-state index is -0.266. The zero-order chi connectivity index (χ0) is 13.1. The topological polar surface area (TPSA) is 71.8 Å². The lowest BCUT2D eigenvalue weighted by molar-refractivity contribution is -0.124. The van der Waals surface area contributed by atoms with E-state index in [9.17, 15) is 4.79 Å². The maximum atomic E-state index is 11.8. The van der Waals surface area contributed by atoms with Crippen LogP contribution in [0.25, 0.3) is 0 Å². The molecule has 0 saturated heterocycles. The van der Waals surface area contributed by atoms with E-state index in [1.54, 1.807) is 11.0 Å². The standard InChI is InChI=1S/C11H21N5O/c1-8(10(17)14-11(2,3)4)12-6-9-13-7-16(5)15-9/h7-8,12H,6H2,1-5H3,(H,14,17). The Bertz CT molecular complexity index is 379. The van der Waals surface area contributed by atoms with E-state index in [4.69, 9.17) is 0 Å². The summed E-state index contributed by atoms with van der Waals surface area (Å²) in [5.74, 6) is 0.663.